The molecule has 0 spiro atoms. The summed E-state index contributed by atoms with van der Waals surface area (Å²) >= 11 is 0. The van der Waals surface area contributed by atoms with E-state index in [4.69, 9.17) is 14.7 Å². The molecule has 25 heavy (non-hydrogen) atoms. The van der Waals surface area contributed by atoms with Crippen molar-refractivity contribution in [2.75, 3.05) is 6.61 Å². The van der Waals surface area contributed by atoms with Gasteiger partial charge >= 0.3 is 0 Å². The maximum atomic E-state index is 9.15. The Kier molecular flexibility index (Phi) is 10.7. The molecule has 0 aliphatic heterocycles. The van der Waals surface area contributed by atoms with Gasteiger partial charge in [0.25, 0.3) is 0 Å². The topological polar surface area (TPSA) is 50.7 Å². The average molecular weight is 347 g/mol. The van der Waals surface area contributed by atoms with Crippen molar-refractivity contribution in [1.29, 1.82) is 0 Å². The minimum absolute atomic E-state index is 0.479. The molecule has 2 aliphatic rings. The Morgan fingerprint density at radius 3 is 2.32 bits per heavy atom. The van der Waals surface area contributed by atoms with Crippen molar-refractivity contribution in [3.8, 4) is 5.75 Å². The fourth-order valence-electron chi connectivity index (χ4n) is 1.99. The molecule has 0 amide bonds. The fourth-order valence-corrected chi connectivity index (χ4v) is 1.99. The molecule has 4 heteroatoms. The first-order valence-electron chi connectivity index (χ1n) is 9.34. The second kappa shape index (κ2) is 12.6. The zero-order valence-electron chi connectivity index (χ0n) is 16.0. The molecular weight excluding hydrogens is 314 g/mol. The molecule has 4 nitrogen and oxygen atoms in total. The van der Waals surface area contributed by atoms with E-state index >= 15 is 0 Å². The smallest absolute Gasteiger partial charge is 0.178 e. The Labute approximate surface area is 152 Å². The third-order valence-corrected chi connectivity index (χ3v) is 3.42. The molecule has 1 saturated carbocycles. The van der Waals surface area contributed by atoms with Crippen molar-refractivity contribution >= 4 is 0 Å². The van der Waals surface area contributed by atoms with Crippen molar-refractivity contribution in [2.45, 2.75) is 66.1 Å². The highest BCUT2D eigenvalue weighted by atomic mass is 16.7. The van der Waals surface area contributed by atoms with Crippen LogP contribution in [0.2, 0.25) is 0 Å². The van der Waals surface area contributed by atoms with Gasteiger partial charge in [0.05, 0.1) is 5.70 Å². The maximum Gasteiger partial charge on any atom is 0.178 e. The zero-order valence-corrected chi connectivity index (χ0v) is 16.0. The molecule has 1 aromatic carbocycles. The van der Waals surface area contributed by atoms with E-state index in [1.54, 1.807) is 6.92 Å². The van der Waals surface area contributed by atoms with Crippen molar-refractivity contribution in [3.05, 3.63) is 53.3 Å². The van der Waals surface area contributed by atoms with Crippen molar-refractivity contribution in [3.63, 3.8) is 0 Å². The van der Waals surface area contributed by atoms with Crippen LogP contribution in [0.5, 0.6) is 5.75 Å². The van der Waals surface area contributed by atoms with Crippen LogP contribution in [0.1, 0.15) is 58.4 Å². The van der Waals surface area contributed by atoms with Gasteiger partial charge in [-0.25, -0.2) is 4.84 Å². The van der Waals surface area contributed by atoms with E-state index in [1.807, 2.05) is 45.0 Å². The SMILES string of the molecule is C1CC1.CC.Cc1ccccc1OCC1=CCCC=C1NOC(C)O. The Morgan fingerprint density at radius 2 is 1.72 bits per heavy atom. The number of hydrogen-bond acceptors (Lipinski definition) is 4. The minimum atomic E-state index is -0.851. The molecule has 0 saturated heterocycles. The Balaban J connectivity index is 0.000000547. The first-order valence-corrected chi connectivity index (χ1v) is 9.34. The average Bonchev–Trinajstić information content (AvgIpc) is 3.51. The molecule has 140 valence electrons. The van der Waals surface area contributed by atoms with Crippen LogP contribution < -0.4 is 10.2 Å². The predicted octanol–water partition coefficient (Wildman–Crippen LogP) is 5.03. The molecule has 2 N–H and O–H groups in total. The molecule has 2 aliphatic carbocycles. The normalized spacial score (nSPS) is 16.0. The molecule has 0 radical (unpaired) electrons. The number of hydrogen-bond donors (Lipinski definition) is 2. The number of aliphatic hydroxyl groups excluding tert-OH is 1. The largest absolute Gasteiger partial charge is 0.489 e. The summed E-state index contributed by atoms with van der Waals surface area (Å²) in [5.74, 6) is 0.884. The van der Waals surface area contributed by atoms with Crippen LogP contribution in [0.25, 0.3) is 0 Å². The summed E-state index contributed by atoms with van der Waals surface area (Å²) < 4.78 is 5.85. The van der Waals surface area contributed by atoms with E-state index in [9.17, 15) is 0 Å². The number of benzene rings is 1. The Morgan fingerprint density at radius 1 is 1.08 bits per heavy atom. The molecular formula is C21H33NO3. The Hall–Kier alpha value is -1.78. The monoisotopic (exact) mass is 347 g/mol. The molecule has 0 aromatic heterocycles. The predicted molar refractivity (Wildman–Crippen MR) is 103 cm³/mol. The third-order valence-electron chi connectivity index (χ3n) is 3.42. The number of para-hydroxylation sites is 1. The number of allylic oxidation sites excluding steroid dienone is 2. The fraction of sp³-hybridized carbons (Fsp3) is 0.524. The van der Waals surface area contributed by atoms with E-state index in [1.165, 1.54) is 19.3 Å². The highest BCUT2D eigenvalue weighted by Gasteiger charge is 2.11. The van der Waals surface area contributed by atoms with Gasteiger partial charge in [0.2, 0.25) is 0 Å². The lowest BCUT2D eigenvalue weighted by molar-refractivity contribution is -0.123. The molecule has 1 fully saturated rings. The van der Waals surface area contributed by atoms with Gasteiger partial charge in [0.1, 0.15) is 12.4 Å². The van der Waals surface area contributed by atoms with E-state index in [0.717, 1.165) is 35.4 Å². The number of aryl methyl sites for hydroxylation is 1. The third kappa shape index (κ3) is 9.32. The summed E-state index contributed by atoms with van der Waals surface area (Å²) in [6.45, 7) is 8.06. The standard InChI is InChI=1S/C16H21NO3.C3H6.C2H6/c1-12-7-3-6-10-16(12)19-11-14-8-4-5-9-15(14)17-20-13(2)18;1-2-3-1;1-2/h3,6-10,13,17-18H,4-5,11H2,1-2H3;1-3H2;1-2H3. The summed E-state index contributed by atoms with van der Waals surface area (Å²) in [6, 6.07) is 7.94. The van der Waals surface area contributed by atoms with Crippen molar-refractivity contribution in [2.24, 2.45) is 0 Å². The first-order chi connectivity index (χ1) is 12.2. The van der Waals surface area contributed by atoms with Gasteiger partial charge in [-0.3, -0.25) is 5.48 Å². The van der Waals surface area contributed by atoms with Gasteiger partial charge in [-0.05, 0) is 38.3 Å². The number of ether oxygens (including phenoxy) is 1. The summed E-state index contributed by atoms with van der Waals surface area (Å²) in [7, 11) is 0. The molecule has 1 aromatic rings. The van der Waals surface area contributed by atoms with E-state index in [2.05, 4.69) is 17.6 Å². The van der Waals surface area contributed by atoms with Crippen LogP contribution in [0, 0.1) is 6.92 Å². The maximum absolute atomic E-state index is 9.15. The lowest BCUT2D eigenvalue weighted by atomic mass is 10.0. The van der Waals surface area contributed by atoms with E-state index in [-0.39, 0.29) is 0 Å². The first kappa shape index (κ1) is 21.3. The number of nitrogens with one attached hydrogen (secondary N) is 1. The second-order valence-electron chi connectivity index (χ2n) is 5.86. The van der Waals surface area contributed by atoms with Crippen molar-refractivity contribution in [1.82, 2.24) is 5.48 Å². The van der Waals surface area contributed by atoms with Crippen LogP contribution in [0.4, 0.5) is 0 Å². The van der Waals surface area contributed by atoms with Gasteiger partial charge in [0.15, 0.2) is 6.29 Å². The highest BCUT2D eigenvalue weighted by Crippen LogP contribution is 2.21. The number of hydroxylamine groups is 1. The quantitative estimate of drug-likeness (QED) is 0.559. The molecule has 0 heterocycles. The van der Waals surface area contributed by atoms with Gasteiger partial charge in [-0.15, -0.1) is 0 Å². The second-order valence-corrected chi connectivity index (χ2v) is 5.86. The highest BCUT2D eigenvalue weighted by molar-refractivity contribution is 5.35. The van der Waals surface area contributed by atoms with Crippen LogP contribution in [-0.2, 0) is 4.84 Å². The minimum Gasteiger partial charge on any atom is -0.489 e. The summed E-state index contributed by atoms with van der Waals surface area (Å²) in [5.41, 5.74) is 5.81. The lowest BCUT2D eigenvalue weighted by Crippen LogP contribution is -2.24. The molecule has 1 unspecified atom stereocenters. The van der Waals surface area contributed by atoms with Crippen LogP contribution in [-0.4, -0.2) is 18.0 Å². The Bertz CT molecular complexity index is 545. The van der Waals surface area contributed by atoms with Gasteiger partial charge < -0.3 is 9.84 Å². The van der Waals surface area contributed by atoms with Gasteiger partial charge in [0, 0.05) is 5.57 Å². The summed E-state index contributed by atoms with van der Waals surface area (Å²) in [6.07, 6.45) is 9.78. The van der Waals surface area contributed by atoms with E-state index in [0.29, 0.717) is 6.61 Å². The molecule has 1 atom stereocenters. The summed E-state index contributed by atoms with van der Waals surface area (Å²) in [4.78, 5) is 5.03. The van der Waals surface area contributed by atoms with Crippen molar-refractivity contribution < 1.29 is 14.7 Å². The molecule has 3 rings (SSSR count). The zero-order chi connectivity index (χ0) is 18.5. The van der Waals surface area contributed by atoms with Gasteiger partial charge in [-0.1, -0.05) is 63.5 Å². The van der Waals surface area contributed by atoms with E-state index < -0.39 is 6.29 Å². The number of rotatable bonds is 6. The lowest BCUT2D eigenvalue weighted by Gasteiger charge is -2.19. The van der Waals surface area contributed by atoms with Gasteiger partial charge in [-0.2, -0.15) is 0 Å². The molecule has 0 bridgehead atoms. The van der Waals surface area contributed by atoms with Crippen LogP contribution in [0.15, 0.2) is 47.7 Å². The number of aliphatic hydroxyl groups is 1. The van der Waals surface area contributed by atoms with Crippen LogP contribution >= 0.6 is 0 Å². The van der Waals surface area contributed by atoms with Crippen LogP contribution in [0.3, 0.4) is 0 Å². The summed E-state index contributed by atoms with van der Waals surface area (Å²) in [5, 5.41) is 9.15.